The fraction of sp³-hybridized carbons (Fsp3) is 0.111. The molecule has 0 fully saturated rings. The Bertz CT molecular complexity index is 1270. The minimum Gasteiger partial charge on any atom is -0.294 e. The maximum atomic E-state index is 12.7. The van der Waals surface area contributed by atoms with Crippen LogP contribution in [0.1, 0.15) is 44.3 Å². The van der Waals surface area contributed by atoms with Crippen LogP contribution in [0, 0.1) is 0 Å². The number of hydrogen-bond donors (Lipinski definition) is 1. The van der Waals surface area contributed by atoms with Gasteiger partial charge in [-0.15, -0.1) is 0 Å². The molecule has 5 nitrogen and oxygen atoms in total. The number of benzene rings is 3. The lowest BCUT2D eigenvalue weighted by Crippen LogP contribution is -2.22. The number of anilines is 1. The molecule has 0 saturated carbocycles. The normalized spacial score (nSPS) is 15.1. The zero-order valence-electron chi connectivity index (χ0n) is 17.4. The number of rotatable bonds is 4. The van der Waals surface area contributed by atoms with Crippen molar-refractivity contribution in [2.75, 3.05) is 5.32 Å². The van der Waals surface area contributed by atoms with E-state index in [1.165, 1.54) is 6.20 Å². The summed E-state index contributed by atoms with van der Waals surface area (Å²) in [5.74, 6) is 0.0448. The third-order valence-corrected chi connectivity index (χ3v) is 5.79. The lowest BCUT2D eigenvalue weighted by Gasteiger charge is -2.23. The molecule has 156 valence electrons. The van der Waals surface area contributed by atoms with Crippen LogP contribution in [0.4, 0.5) is 5.95 Å². The van der Waals surface area contributed by atoms with Crippen molar-refractivity contribution in [1.29, 1.82) is 0 Å². The number of Topliss-reactive ketones (excluding diaryl/α,β-unsaturated/α-hetero) is 1. The van der Waals surface area contributed by atoms with Gasteiger partial charge in [-0.2, -0.15) is 0 Å². The Kier molecular flexibility index (Phi) is 5.30. The number of carbonyl (C=O) groups excluding carboxylic acids is 2. The maximum absolute atomic E-state index is 12.7. The van der Waals surface area contributed by atoms with E-state index >= 15 is 0 Å². The molecule has 0 aliphatic heterocycles. The van der Waals surface area contributed by atoms with E-state index in [1.54, 1.807) is 12.1 Å². The van der Waals surface area contributed by atoms with Gasteiger partial charge in [0.05, 0.1) is 11.3 Å². The van der Waals surface area contributed by atoms with Crippen molar-refractivity contribution in [2.24, 2.45) is 0 Å². The highest BCUT2D eigenvalue weighted by atomic mass is 16.1. The SMILES string of the molecule is O=C(Nc1ncc2c(n1)C[C@H](c1ccccc1)CC2=O)c1ccc(-c2ccccc2)cc1. The Morgan fingerprint density at radius 2 is 1.47 bits per heavy atom. The van der Waals surface area contributed by atoms with Crippen molar-refractivity contribution in [1.82, 2.24) is 9.97 Å². The molecule has 0 saturated heterocycles. The molecule has 5 rings (SSSR count). The Hall–Kier alpha value is -4.12. The number of amides is 1. The summed E-state index contributed by atoms with van der Waals surface area (Å²) in [6.07, 6.45) is 2.61. The van der Waals surface area contributed by atoms with Crippen LogP contribution in [-0.2, 0) is 6.42 Å². The topological polar surface area (TPSA) is 72.0 Å². The second-order valence-electron chi connectivity index (χ2n) is 7.89. The number of nitrogens with one attached hydrogen (secondary N) is 1. The summed E-state index contributed by atoms with van der Waals surface area (Å²) >= 11 is 0. The van der Waals surface area contributed by atoms with Gasteiger partial charge >= 0.3 is 0 Å². The minimum absolute atomic E-state index is 0.0366. The van der Waals surface area contributed by atoms with Crippen molar-refractivity contribution in [3.63, 3.8) is 0 Å². The highest BCUT2D eigenvalue weighted by Crippen LogP contribution is 2.31. The maximum Gasteiger partial charge on any atom is 0.258 e. The first kappa shape index (κ1) is 19.8. The van der Waals surface area contributed by atoms with E-state index in [1.807, 2.05) is 72.8 Å². The molecule has 0 unspecified atom stereocenters. The summed E-state index contributed by atoms with van der Waals surface area (Å²) in [5.41, 5.74) is 4.99. The van der Waals surface area contributed by atoms with E-state index in [2.05, 4.69) is 15.3 Å². The number of nitrogens with zero attached hydrogens (tertiary/aromatic N) is 2. The van der Waals surface area contributed by atoms with Gasteiger partial charge in [-0.05, 0) is 41.2 Å². The first-order chi connectivity index (χ1) is 15.7. The Morgan fingerprint density at radius 1 is 0.812 bits per heavy atom. The van der Waals surface area contributed by atoms with Crippen LogP contribution in [0.5, 0.6) is 0 Å². The Labute approximate surface area is 186 Å². The standard InChI is InChI=1S/C27H21N3O2/c31-25-16-22(19-9-5-2-6-10-19)15-24-23(25)17-28-27(29-24)30-26(32)21-13-11-20(12-14-21)18-7-3-1-4-8-18/h1-14,17,22H,15-16H2,(H,28,29,30,32)/t22-/m0/s1. The summed E-state index contributed by atoms with van der Waals surface area (Å²) < 4.78 is 0. The lowest BCUT2D eigenvalue weighted by molar-refractivity contribution is 0.0962. The molecule has 1 aromatic heterocycles. The molecule has 1 aliphatic carbocycles. The molecule has 1 amide bonds. The van der Waals surface area contributed by atoms with Crippen molar-refractivity contribution in [3.8, 4) is 11.1 Å². The number of hydrogen-bond acceptors (Lipinski definition) is 4. The number of fused-ring (bicyclic) bond motifs is 1. The summed E-state index contributed by atoms with van der Waals surface area (Å²) in [6, 6.07) is 27.4. The molecule has 1 atom stereocenters. The molecule has 0 spiro atoms. The number of carbonyl (C=O) groups is 2. The van der Waals surface area contributed by atoms with Crippen molar-refractivity contribution >= 4 is 17.6 Å². The molecule has 1 heterocycles. The molecule has 3 aromatic carbocycles. The van der Waals surface area contributed by atoms with Gasteiger partial charge in [0, 0.05) is 18.2 Å². The van der Waals surface area contributed by atoms with E-state index < -0.39 is 0 Å². The summed E-state index contributed by atoms with van der Waals surface area (Å²) in [7, 11) is 0. The number of aromatic nitrogens is 2. The molecule has 4 aromatic rings. The lowest BCUT2D eigenvalue weighted by atomic mass is 9.82. The van der Waals surface area contributed by atoms with Crippen LogP contribution in [0.15, 0.2) is 91.1 Å². The average molecular weight is 419 g/mol. The molecule has 5 heteroatoms. The van der Waals surface area contributed by atoms with Gasteiger partial charge in [-0.25, -0.2) is 9.97 Å². The highest BCUT2D eigenvalue weighted by molar-refractivity contribution is 6.04. The molecular formula is C27H21N3O2. The second kappa shape index (κ2) is 8.55. The molecule has 0 radical (unpaired) electrons. The van der Waals surface area contributed by atoms with Crippen LogP contribution in [-0.4, -0.2) is 21.7 Å². The summed E-state index contributed by atoms with van der Waals surface area (Å²) in [4.78, 5) is 34.0. The first-order valence-corrected chi connectivity index (χ1v) is 10.6. The van der Waals surface area contributed by atoms with E-state index in [0.29, 0.717) is 29.7 Å². The fourth-order valence-corrected chi connectivity index (χ4v) is 4.08. The van der Waals surface area contributed by atoms with E-state index in [4.69, 9.17) is 0 Å². The minimum atomic E-state index is -0.286. The van der Waals surface area contributed by atoms with Gasteiger partial charge in [0.15, 0.2) is 5.78 Å². The average Bonchev–Trinajstić information content (AvgIpc) is 2.85. The van der Waals surface area contributed by atoms with E-state index in [0.717, 1.165) is 16.7 Å². The largest absolute Gasteiger partial charge is 0.294 e. The molecule has 32 heavy (non-hydrogen) atoms. The zero-order chi connectivity index (χ0) is 21.9. The molecule has 1 aliphatic rings. The highest BCUT2D eigenvalue weighted by Gasteiger charge is 2.28. The van der Waals surface area contributed by atoms with Gasteiger partial charge in [0.2, 0.25) is 5.95 Å². The first-order valence-electron chi connectivity index (χ1n) is 10.6. The van der Waals surface area contributed by atoms with Crippen molar-refractivity contribution < 1.29 is 9.59 Å². The van der Waals surface area contributed by atoms with E-state index in [9.17, 15) is 9.59 Å². The van der Waals surface area contributed by atoms with Crippen LogP contribution < -0.4 is 5.32 Å². The quantitative estimate of drug-likeness (QED) is 0.487. The third kappa shape index (κ3) is 4.05. The summed E-state index contributed by atoms with van der Waals surface area (Å²) in [5, 5.41) is 2.76. The van der Waals surface area contributed by atoms with Crippen LogP contribution >= 0.6 is 0 Å². The monoisotopic (exact) mass is 419 g/mol. The predicted molar refractivity (Wildman–Crippen MR) is 124 cm³/mol. The van der Waals surface area contributed by atoms with Gasteiger partial charge in [-0.3, -0.25) is 14.9 Å². The fourth-order valence-electron chi connectivity index (χ4n) is 4.08. The van der Waals surface area contributed by atoms with Gasteiger partial charge < -0.3 is 0 Å². The van der Waals surface area contributed by atoms with Crippen molar-refractivity contribution in [2.45, 2.75) is 18.8 Å². The van der Waals surface area contributed by atoms with E-state index in [-0.39, 0.29) is 23.6 Å². The smallest absolute Gasteiger partial charge is 0.258 e. The summed E-state index contributed by atoms with van der Waals surface area (Å²) in [6.45, 7) is 0. The Morgan fingerprint density at radius 3 is 2.19 bits per heavy atom. The second-order valence-corrected chi connectivity index (χ2v) is 7.89. The predicted octanol–water partition coefficient (Wildman–Crippen LogP) is 5.31. The van der Waals surface area contributed by atoms with Gasteiger partial charge in [0.25, 0.3) is 5.91 Å². The van der Waals surface area contributed by atoms with Gasteiger partial charge in [0.1, 0.15) is 0 Å². The zero-order valence-corrected chi connectivity index (χ0v) is 17.4. The van der Waals surface area contributed by atoms with Crippen LogP contribution in [0.25, 0.3) is 11.1 Å². The van der Waals surface area contributed by atoms with Crippen molar-refractivity contribution in [3.05, 3.63) is 114 Å². The molecule has 0 bridgehead atoms. The third-order valence-electron chi connectivity index (χ3n) is 5.79. The molecule has 1 N–H and O–H groups in total. The molecular weight excluding hydrogens is 398 g/mol. The van der Waals surface area contributed by atoms with Gasteiger partial charge in [-0.1, -0.05) is 72.8 Å². The van der Waals surface area contributed by atoms with Crippen LogP contribution in [0.3, 0.4) is 0 Å². The Balaban J connectivity index is 1.33. The number of ketones is 1. The van der Waals surface area contributed by atoms with Crippen LogP contribution in [0.2, 0.25) is 0 Å².